The Morgan fingerprint density at radius 1 is 1.10 bits per heavy atom. The standard InChI is InChI=1S/C30H39N5O5/c1-19-17-26(39-4)24(28(36)32-19)18-31-29(37)27-21(3)35(25-8-6-5-7-23(25)27)20(2)22-9-11-33(12-10-22)30(38)34-13-15-40-16-14-34/h5-8,17,20,22H,9-16,18H2,1-4H3,(H,31,37)(H,32,36). The molecule has 0 radical (unpaired) electrons. The Kier molecular flexibility index (Phi) is 8.16. The van der Waals surface area contributed by atoms with Crippen molar-refractivity contribution in [3.05, 3.63) is 63.2 Å². The highest BCUT2D eigenvalue weighted by molar-refractivity contribution is 6.08. The summed E-state index contributed by atoms with van der Waals surface area (Å²) in [7, 11) is 1.52. The van der Waals surface area contributed by atoms with Crippen molar-refractivity contribution in [3.8, 4) is 5.75 Å². The lowest BCUT2D eigenvalue weighted by Gasteiger charge is -2.39. The summed E-state index contributed by atoms with van der Waals surface area (Å²) in [4.78, 5) is 45.7. The molecule has 1 unspecified atom stereocenters. The molecule has 2 N–H and O–H groups in total. The van der Waals surface area contributed by atoms with Crippen molar-refractivity contribution in [2.24, 2.45) is 5.92 Å². The first-order valence-electron chi connectivity index (χ1n) is 14.1. The van der Waals surface area contributed by atoms with Gasteiger partial charge in [-0.25, -0.2) is 4.79 Å². The van der Waals surface area contributed by atoms with Gasteiger partial charge < -0.3 is 34.1 Å². The number of aromatic amines is 1. The number of H-pyrrole nitrogens is 1. The highest BCUT2D eigenvalue weighted by Gasteiger charge is 2.32. The lowest BCUT2D eigenvalue weighted by atomic mass is 9.90. The topological polar surface area (TPSA) is 109 Å². The van der Waals surface area contributed by atoms with Gasteiger partial charge in [-0.05, 0) is 51.7 Å². The first kappa shape index (κ1) is 27.8. The molecule has 3 aromatic rings. The number of aromatic nitrogens is 2. The van der Waals surface area contributed by atoms with E-state index in [9.17, 15) is 14.4 Å². The van der Waals surface area contributed by atoms with Crippen LogP contribution in [0.4, 0.5) is 4.79 Å². The van der Waals surface area contributed by atoms with Gasteiger partial charge in [-0.15, -0.1) is 0 Å². The normalized spacial score (nSPS) is 17.2. The maximum Gasteiger partial charge on any atom is 0.320 e. The predicted octanol–water partition coefficient (Wildman–Crippen LogP) is 3.61. The number of carbonyl (C=O) groups excluding carboxylic acids is 2. The molecule has 1 atom stereocenters. The van der Waals surface area contributed by atoms with E-state index in [0.29, 0.717) is 54.8 Å². The molecule has 1 aromatic carbocycles. The maximum atomic E-state index is 13.6. The Morgan fingerprint density at radius 3 is 2.48 bits per heavy atom. The van der Waals surface area contributed by atoms with Crippen LogP contribution < -0.4 is 15.6 Å². The number of morpholine rings is 1. The molecule has 5 rings (SSSR count). The van der Waals surface area contributed by atoms with Gasteiger partial charge in [-0.1, -0.05) is 18.2 Å². The van der Waals surface area contributed by atoms with E-state index in [0.717, 1.165) is 42.5 Å². The molecule has 0 spiro atoms. The summed E-state index contributed by atoms with van der Waals surface area (Å²) in [5.74, 6) is 0.593. The van der Waals surface area contributed by atoms with Gasteiger partial charge >= 0.3 is 6.03 Å². The molecule has 2 fully saturated rings. The summed E-state index contributed by atoms with van der Waals surface area (Å²) in [6, 6.07) is 9.97. The second-order valence-corrected chi connectivity index (χ2v) is 10.8. The summed E-state index contributed by atoms with van der Waals surface area (Å²) in [6.07, 6.45) is 1.81. The predicted molar refractivity (Wildman–Crippen MR) is 153 cm³/mol. The van der Waals surface area contributed by atoms with Crippen LogP contribution in [0.2, 0.25) is 0 Å². The van der Waals surface area contributed by atoms with E-state index in [-0.39, 0.29) is 30.1 Å². The highest BCUT2D eigenvalue weighted by Crippen LogP contribution is 2.36. The lowest BCUT2D eigenvalue weighted by Crippen LogP contribution is -2.50. The average Bonchev–Trinajstić information content (AvgIpc) is 3.27. The fraction of sp³-hybridized carbons (Fsp3) is 0.500. The zero-order chi connectivity index (χ0) is 28.4. The van der Waals surface area contributed by atoms with E-state index >= 15 is 0 Å². The number of nitrogens with zero attached hydrogens (tertiary/aromatic N) is 3. The van der Waals surface area contributed by atoms with E-state index in [1.165, 1.54) is 7.11 Å². The minimum absolute atomic E-state index is 0.0573. The number of pyridine rings is 1. The zero-order valence-electron chi connectivity index (χ0n) is 23.8. The molecule has 0 bridgehead atoms. The molecule has 2 aromatic heterocycles. The second kappa shape index (κ2) is 11.8. The number of ether oxygens (including phenoxy) is 2. The Hall–Kier alpha value is -3.79. The first-order chi connectivity index (χ1) is 19.3. The molecule has 3 amide bonds. The van der Waals surface area contributed by atoms with Crippen LogP contribution in [0.3, 0.4) is 0 Å². The third-order valence-electron chi connectivity index (χ3n) is 8.44. The van der Waals surface area contributed by atoms with Gasteiger partial charge in [-0.3, -0.25) is 9.59 Å². The number of nitrogens with one attached hydrogen (secondary N) is 2. The third-order valence-corrected chi connectivity index (χ3v) is 8.44. The molecule has 2 aliphatic rings. The van der Waals surface area contributed by atoms with Crippen molar-refractivity contribution < 1.29 is 19.1 Å². The fourth-order valence-electron chi connectivity index (χ4n) is 6.23. The van der Waals surface area contributed by atoms with E-state index in [4.69, 9.17) is 9.47 Å². The van der Waals surface area contributed by atoms with Gasteiger partial charge in [0.05, 0.1) is 38.0 Å². The van der Waals surface area contributed by atoms with Crippen LogP contribution in [-0.4, -0.2) is 77.8 Å². The molecule has 10 nitrogen and oxygen atoms in total. The third kappa shape index (κ3) is 5.32. The molecule has 2 saturated heterocycles. The molecule has 40 heavy (non-hydrogen) atoms. The van der Waals surface area contributed by atoms with Gasteiger partial charge in [0.1, 0.15) is 5.75 Å². The van der Waals surface area contributed by atoms with Crippen LogP contribution in [0.25, 0.3) is 10.9 Å². The summed E-state index contributed by atoms with van der Waals surface area (Å²) in [5.41, 5.74) is 3.32. The number of rotatable bonds is 6. The molecule has 214 valence electrons. The number of benzene rings is 1. The monoisotopic (exact) mass is 549 g/mol. The van der Waals surface area contributed by atoms with Gasteiger partial charge in [0, 0.05) is 54.5 Å². The number of aryl methyl sites for hydroxylation is 1. The van der Waals surface area contributed by atoms with E-state index in [1.54, 1.807) is 13.0 Å². The molecular weight excluding hydrogens is 510 g/mol. The highest BCUT2D eigenvalue weighted by atomic mass is 16.5. The molecule has 10 heteroatoms. The number of likely N-dealkylation sites (tertiary alicyclic amines) is 1. The molecule has 2 aliphatic heterocycles. The minimum atomic E-state index is -0.275. The number of para-hydroxylation sites is 1. The summed E-state index contributed by atoms with van der Waals surface area (Å²) in [6.45, 7) is 10.0. The first-order valence-corrected chi connectivity index (χ1v) is 14.1. The van der Waals surface area contributed by atoms with Crippen LogP contribution in [0.15, 0.2) is 35.1 Å². The summed E-state index contributed by atoms with van der Waals surface area (Å²) in [5, 5.41) is 3.84. The van der Waals surface area contributed by atoms with Crippen LogP contribution in [0, 0.1) is 19.8 Å². The van der Waals surface area contributed by atoms with E-state index < -0.39 is 0 Å². The van der Waals surface area contributed by atoms with Crippen LogP contribution >= 0.6 is 0 Å². The smallest absolute Gasteiger partial charge is 0.320 e. The van der Waals surface area contributed by atoms with Crippen LogP contribution in [0.5, 0.6) is 5.75 Å². The van der Waals surface area contributed by atoms with Gasteiger partial charge in [0.25, 0.3) is 11.5 Å². The van der Waals surface area contributed by atoms with Crippen molar-refractivity contribution in [1.29, 1.82) is 0 Å². The number of carbonyl (C=O) groups is 2. The number of hydrogen-bond donors (Lipinski definition) is 2. The zero-order valence-corrected chi connectivity index (χ0v) is 23.8. The second-order valence-electron chi connectivity index (χ2n) is 10.8. The minimum Gasteiger partial charge on any atom is -0.496 e. The molecule has 0 saturated carbocycles. The lowest BCUT2D eigenvalue weighted by molar-refractivity contribution is 0.0390. The number of hydrogen-bond acceptors (Lipinski definition) is 5. The van der Waals surface area contributed by atoms with Gasteiger partial charge in [-0.2, -0.15) is 0 Å². The number of amides is 3. The Labute approximate surface area is 234 Å². The summed E-state index contributed by atoms with van der Waals surface area (Å²) < 4.78 is 13.1. The summed E-state index contributed by atoms with van der Waals surface area (Å²) >= 11 is 0. The number of methoxy groups -OCH3 is 1. The van der Waals surface area contributed by atoms with Crippen molar-refractivity contribution in [2.45, 2.75) is 46.2 Å². The van der Waals surface area contributed by atoms with E-state index in [1.807, 2.05) is 34.9 Å². The number of fused-ring (bicyclic) bond motifs is 1. The van der Waals surface area contributed by atoms with Crippen molar-refractivity contribution in [1.82, 2.24) is 24.7 Å². The van der Waals surface area contributed by atoms with E-state index in [2.05, 4.69) is 27.9 Å². The van der Waals surface area contributed by atoms with Crippen LogP contribution in [-0.2, 0) is 11.3 Å². The Morgan fingerprint density at radius 2 is 1.77 bits per heavy atom. The Balaban J connectivity index is 1.34. The van der Waals surface area contributed by atoms with Gasteiger partial charge in [0.15, 0.2) is 0 Å². The number of piperidine rings is 1. The largest absolute Gasteiger partial charge is 0.496 e. The van der Waals surface area contributed by atoms with Gasteiger partial charge in [0.2, 0.25) is 0 Å². The van der Waals surface area contributed by atoms with Crippen molar-refractivity contribution in [2.75, 3.05) is 46.5 Å². The Bertz CT molecular complexity index is 1450. The molecule has 0 aliphatic carbocycles. The SMILES string of the molecule is COc1cc(C)[nH]c(=O)c1CNC(=O)c1c(C)n(C(C)C2CCN(C(=O)N3CCOCC3)CC2)c2ccccc12. The fourth-order valence-corrected chi connectivity index (χ4v) is 6.23. The van der Waals surface area contributed by atoms with Crippen molar-refractivity contribution >= 4 is 22.8 Å². The quantitative estimate of drug-likeness (QED) is 0.488. The average molecular weight is 550 g/mol. The van der Waals surface area contributed by atoms with Crippen LogP contribution in [0.1, 0.15) is 53.1 Å². The maximum absolute atomic E-state index is 13.6. The van der Waals surface area contributed by atoms with Crippen molar-refractivity contribution in [3.63, 3.8) is 0 Å². The molecule has 4 heterocycles. The number of urea groups is 1. The molecular formula is C30H39N5O5.